The van der Waals surface area contributed by atoms with Gasteiger partial charge < -0.3 is 5.32 Å². The maximum absolute atomic E-state index is 13.1. The summed E-state index contributed by atoms with van der Waals surface area (Å²) in [5.41, 5.74) is 1.65. The van der Waals surface area contributed by atoms with E-state index in [1.807, 2.05) is 42.2 Å². The summed E-state index contributed by atoms with van der Waals surface area (Å²) in [6.45, 7) is 3.73. The Balaban J connectivity index is 1.93. The van der Waals surface area contributed by atoms with Gasteiger partial charge in [0.05, 0.1) is 11.6 Å². The van der Waals surface area contributed by atoms with Gasteiger partial charge in [0.2, 0.25) is 5.91 Å². The molecule has 2 aromatic carbocycles. The number of hydrogen-bond donors (Lipinski definition) is 1. The van der Waals surface area contributed by atoms with E-state index in [0.29, 0.717) is 12.2 Å². The number of benzene rings is 2. The predicted molar refractivity (Wildman–Crippen MR) is 87.4 cm³/mol. The molecule has 0 radical (unpaired) electrons. The Morgan fingerprint density at radius 2 is 1.95 bits per heavy atom. The van der Waals surface area contributed by atoms with Crippen LogP contribution in [0.25, 0.3) is 0 Å². The molecule has 3 nitrogen and oxygen atoms in total. The molecule has 0 unspecified atom stereocenters. The minimum Gasteiger partial charge on any atom is -0.325 e. The monoisotopic (exact) mass is 320 g/mol. The van der Waals surface area contributed by atoms with Crippen molar-refractivity contribution in [1.29, 1.82) is 0 Å². The van der Waals surface area contributed by atoms with Crippen LogP contribution in [0, 0.1) is 5.82 Å². The van der Waals surface area contributed by atoms with Crippen LogP contribution in [0.15, 0.2) is 48.5 Å². The number of nitrogens with zero attached hydrogens (tertiary/aromatic N) is 1. The Bertz CT molecular complexity index is 634. The fourth-order valence-electron chi connectivity index (χ4n) is 2.10. The van der Waals surface area contributed by atoms with Crippen LogP contribution in [0.3, 0.4) is 0 Å². The van der Waals surface area contributed by atoms with E-state index in [9.17, 15) is 9.18 Å². The lowest BCUT2D eigenvalue weighted by Gasteiger charge is -2.20. The average Bonchev–Trinajstić information content (AvgIpc) is 2.51. The van der Waals surface area contributed by atoms with Gasteiger partial charge >= 0.3 is 0 Å². The Morgan fingerprint density at radius 1 is 1.23 bits per heavy atom. The molecule has 0 aliphatic rings. The molecule has 0 aliphatic carbocycles. The zero-order valence-electron chi connectivity index (χ0n) is 12.4. The molecule has 0 aliphatic heterocycles. The highest BCUT2D eigenvalue weighted by atomic mass is 35.5. The third-order valence-corrected chi connectivity index (χ3v) is 3.56. The number of carbonyl (C=O) groups excluding carboxylic acids is 1. The average molecular weight is 321 g/mol. The second-order valence-corrected chi connectivity index (χ2v) is 5.37. The highest BCUT2D eigenvalue weighted by molar-refractivity contribution is 6.31. The smallest absolute Gasteiger partial charge is 0.238 e. The highest BCUT2D eigenvalue weighted by Gasteiger charge is 2.10. The first-order valence-corrected chi connectivity index (χ1v) is 7.47. The summed E-state index contributed by atoms with van der Waals surface area (Å²) < 4.78 is 13.1. The number of hydrogen-bond acceptors (Lipinski definition) is 2. The maximum Gasteiger partial charge on any atom is 0.238 e. The molecule has 0 fully saturated rings. The van der Waals surface area contributed by atoms with E-state index in [1.165, 1.54) is 18.2 Å². The molecule has 0 saturated heterocycles. The molecule has 0 spiro atoms. The van der Waals surface area contributed by atoms with Gasteiger partial charge in [0.1, 0.15) is 5.82 Å². The first-order chi connectivity index (χ1) is 10.6. The van der Waals surface area contributed by atoms with E-state index in [1.54, 1.807) is 0 Å². The SMILES string of the molecule is CCN(CC(=O)Nc1ccc(F)c(Cl)c1)Cc1ccccc1. The standard InChI is InChI=1S/C17H18ClFN2O/c1-2-21(11-13-6-4-3-5-7-13)12-17(22)20-14-8-9-16(19)15(18)10-14/h3-10H,2,11-12H2,1H3,(H,20,22). The zero-order valence-corrected chi connectivity index (χ0v) is 13.1. The van der Waals surface area contributed by atoms with E-state index < -0.39 is 5.82 Å². The number of amides is 1. The summed E-state index contributed by atoms with van der Waals surface area (Å²) in [5.74, 6) is -0.653. The molecular weight excluding hydrogens is 303 g/mol. The van der Waals surface area contributed by atoms with Crippen molar-refractivity contribution < 1.29 is 9.18 Å². The molecule has 2 aromatic rings. The van der Waals surface area contributed by atoms with Crippen molar-refractivity contribution in [2.45, 2.75) is 13.5 Å². The number of carbonyl (C=O) groups is 1. The Labute approximate surface area is 134 Å². The van der Waals surface area contributed by atoms with Crippen molar-refractivity contribution in [2.75, 3.05) is 18.4 Å². The molecule has 2 rings (SSSR count). The van der Waals surface area contributed by atoms with Gasteiger partial charge in [-0.25, -0.2) is 4.39 Å². The van der Waals surface area contributed by atoms with Crippen molar-refractivity contribution >= 4 is 23.2 Å². The zero-order chi connectivity index (χ0) is 15.9. The van der Waals surface area contributed by atoms with Gasteiger partial charge in [-0.1, -0.05) is 48.9 Å². The first kappa shape index (κ1) is 16.5. The maximum atomic E-state index is 13.1. The van der Waals surface area contributed by atoms with E-state index in [4.69, 9.17) is 11.6 Å². The van der Waals surface area contributed by atoms with Gasteiger partial charge in [0.15, 0.2) is 0 Å². The highest BCUT2D eigenvalue weighted by Crippen LogP contribution is 2.19. The summed E-state index contributed by atoms with van der Waals surface area (Å²) in [7, 11) is 0. The molecule has 0 heterocycles. The molecule has 0 atom stereocenters. The van der Waals surface area contributed by atoms with Crippen LogP contribution in [0.5, 0.6) is 0 Å². The van der Waals surface area contributed by atoms with Crippen LogP contribution in [-0.4, -0.2) is 23.9 Å². The van der Waals surface area contributed by atoms with Crippen molar-refractivity contribution in [1.82, 2.24) is 4.90 Å². The summed E-state index contributed by atoms with van der Waals surface area (Å²) >= 11 is 5.70. The third-order valence-electron chi connectivity index (χ3n) is 3.27. The largest absolute Gasteiger partial charge is 0.325 e. The minimum absolute atomic E-state index is 0.00515. The Morgan fingerprint density at radius 3 is 2.59 bits per heavy atom. The van der Waals surface area contributed by atoms with Gasteiger partial charge in [0.25, 0.3) is 0 Å². The number of nitrogens with one attached hydrogen (secondary N) is 1. The Kier molecular flexibility index (Phi) is 5.92. The van der Waals surface area contributed by atoms with E-state index in [2.05, 4.69) is 5.32 Å². The van der Waals surface area contributed by atoms with Gasteiger partial charge in [0, 0.05) is 12.2 Å². The number of halogens is 2. The lowest BCUT2D eigenvalue weighted by atomic mass is 10.2. The molecule has 22 heavy (non-hydrogen) atoms. The van der Waals surface area contributed by atoms with Crippen LogP contribution in [0.4, 0.5) is 10.1 Å². The van der Waals surface area contributed by atoms with Gasteiger partial charge in [-0.2, -0.15) is 0 Å². The number of likely N-dealkylation sites (N-methyl/N-ethyl adjacent to an activating group) is 1. The minimum atomic E-state index is -0.501. The van der Waals surface area contributed by atoms with E-state index >= 15 is 0 Å². The van der Waals surface area contributed by atoms with Crippen molar-refractivity contribution in [3.63, 3.8) is 0 Å². The lowest BCUT2D eigenvalue weighted by Crippen LogP contribution is -2.32. The molecule has 1 amide bonds. The summed E-state index contributed by atoms with van der Waals surface area (Å²) in [6.07, 6.45) is 0. The second kappa shape index (κ2) is 7.92. The fraction of sp³-hybridized carbons (Fsp3) is 0.235. The number of anilines is 1. The van der Waals surface area contributed by atoms with Crippen molar-refractivity contribution in [3.8, 4) is 0 Å². The van der Waals surface area contributed by atoms with Gasteiger partial charge in [-0.05, 0) is 30.3 Å². The predicted octanol–water partition coefficient (Wildman–Crippen LogP) is 3.94. The van der Waals surface area contributed by atoms with Crippen LogP contribution < -0.4 is 5.32 Å². The molecule has 5 heteroatoms. The normalized spacial score (nSPS) is 10.7. The van der Waals surface area contributed by atoms with Crippen LogP contribution in [0.1, 0.15) is 12.5 Å². The second-order valence-electron chi connectivity index (χ2n) is 4.97. The van der Waals surface area contributed by atoms with Crippen molar-refractivity contribution in [3.05, 3.63) is 64.9 Å². The van der Waals surface area contributed by atoms with Crippen LogP contribution in [-0.2, 0) is 11.3 Å². The summed E-state index contributed by atoms with van der Waals surface area (Å²) in [4.78, 5) is 14.1. The molecular formula is C17H18ClFN2O. The van der Waals surface area contributed by atoms with Crippen LogP contribution in [0.2, 0.25) is 5.02 Å². The van der Waals surface area contributed by atoms with E-state index in [-0.39, 0.29) is 17.5 Å². The van der Waals surface area contributed by atoms with Crippen molar-refractivity contribution in [2.24, 2.45) is 0 Å². The van der Waals surface area contributed by atoms with Gasteiger partial charge in [-0.15, -0.1) is 0 Å². The Hall–Kier alpha value is -1.91. The lowest BCUT2D eigenvalue weighted by molar-refractivity contribution is -0.117. The third kappa shape index (κ3) is 4.83. The molecule has 0 saturated carbocycles. The topological polar surface area (TPSA) is 32.3 Å². The number of rotatable bonds is 6. The molecule has 0 bridgehead atoms. The first-order valence-electron chi connectivity index (χ1n) is 7.09. The van der Waals surface area contributed by atoms with Crippen LogP contribution >= 0.6 is 11.6 Å². The van der Waals surface area contributed by atoms with Gasteiger partial charge in [-0.3, -0.25) is 9.69 Å². The fourth-order valence-corrected chi connectivity index (χ4v) is 2.28. The quantitative estimate of drug-likeness (QED) is 0.874. The molecule has 0 aromatic heterocycles. The summed E-state index contributed by atoms with van der Waals surface area (Å²) in [5, 5.41) is 2.72. The molecule has 116 valence electrons. The summed E-state index contributed by atoms with van der Waals surface area (Å²) in [6, 6.07) is 14.1. The van der Waals surface area contributed by atoms with E-state index in [0.717, 1.165) is 12.1 Å². The molecule has 1 N–H and O–H groups in total.